The van der Waals surface area contributed by atoms with E-state index in [1.807, 2.05) is 0 Å². The maximum Gasteiger partial charge on any atom is -0.0216 e. The first-order valence-electron chi connectivity index (χ1n) is 12.0. The molecule has 0 heterocycles. The smallest absolute Gasteiger partial charge is 0.0216 e. The Kier molecular flexibility index (Phi) is 15.2. The Hall–Kier alpha value is -1.04. The van der Waals surface area contributed by atoms with Crippen molar-refractivity contribution < 1.29 is 0 Å². The second kappa shape index (κ2) is 17.1. The molecule has 1 rings (SSSR count). The molecule has 154 valence electrons. The van der Waals surface area contributed by atoms with Gasteiger partial charge in [0.25, 0.3) is 0 Å². The third-order valence-corrected chi connectivity index (χ3v) is 5.64. The zero-order chi connectivity index (χ0) is 19.6. The van der Waals surface area contributed by atoms with Gasteiger partial charge in [0.1, 0.15) is 0 Å². The molecular formula is C27H46. The minimum atomic E-state index is 0.648. The zero-order valence-corrected chi connectivity index (χ0v) is 18.6. The van der Waals surface area contributed by atoms with Gasteiger partial charge in [-0.2, -0.15) is 0 Å². The lowest BCUT2D eigenvalue weighted by atomic mass is 9.94. The highest BCUT2D eigenvalue weighted by Gasteiger charge is 2.04. The Morgan fingerprint density at radius 3 is 1.78 bits per heavy atom. The Morgan fingerprint density at radius 2 is 1.19 bits per heavy atom. The van der Waals surface area contributed by atoms with Crippen molar-refractivity contribution in [1.82, 2.24) is 0 Å². The van der Waals surface area contributed by atoms with Crippen molar-refractivity contribution in [1.29, 1.82) is 0 Å². The van der Waals surface area contributed by atoms with Crippen LogP contribution < -0.4 is 0 Å². The molecule has 0 heteroatoms. The van der Waals surface area contributed by atoms with Crippen LogP contribution >= 0.6 is 0 Å². The first-order valence-corrected chi connectivity index (χ1v) is 12.0. The van der Waals surface area contributed by atoms with Crippen LogP contribution in [0.5, 0.6) is 0 Å². The van der Waals surface area contributed by atoms with Crippen molar-refractivity contribution in [2.45, 2.75) is 123 Å². The topological polar surface area (TPSA) is 0 Å². The van der Waals surface area contributed by atoms with Gasteiger partial charge in [-0.15, -0.1) is 0 Å². The van der Waals surface area contributed by atoms with Crippen LogP contribution in [0.1, 0.15) is 128 Å². The molecule has 27 heavy (non-hydrogen) atoms. The maximum atomic E-state index is 2.43. The van der Waals surface area contributed by atoms with Crippen molar-refractivity contribution in [3.8, 4) is 0 Å². The number of hydrogen-bond donors (Lipinski definition) is 0. The zero-order valence-electron chi connectivity index (χ0n) is 18.6. The Morgan fingerprint density at radius 1 is 0.667 bits per heavy atom. The van der Waals surface area contributed by atoms with Crippen molar-refractivity contribution in [2.75, 3.05) is 0 Å². The van der Waals surface area contributed by atoms with Gasteiger partial charge in [0.2, 0.25) is 0 Å². The van der Waals surface area contributed by atoms with E-state index in [-0.39, 0.29) is 0 Å². The number of allylic oxidation sites excluding steroid dienone is 2. The summed E-state index contributed by atoms with van der Waals surface area (Å²) in [6.45, 7) is 6.90. The predicted molar refractivity (Wildman–Crippen MR) is 124 cm³/mol. The molecule has 0 spiro atoms. The first-order chi connectivity index (χ1) is 13.3. The quantitative estimate of drug-likeness (QED) is 0.189. The van der Waals surface area contributed by atoms with Crippen molar-refractivity contribution in [3.05, 3.63) is 47.5 Å². The van der Waals surface area contributed by atoms with Crippen LogP contribution in [0.2, 0.25) is 0 Å². The fourth-order valence-electron chi connectivity index (χ4n) is 3.89. The van der Waals surface area contributed by atoms with Gasteiger partial charge in [-0.05, 0) is 55.6 Å². The van der Waals surface area contributed by atoms with E-state index >= 15 is 0 Å². The third kappa shape index (κ3) is 12.9. The molecule has 0 amide bonds. The highest BCUT2D eigenvalue weighted by atomic mass is 14.1. The van der Waals surface area contributed by atoms with Gasteiger partial charge in [0.15, 0.2) is 0 Å². The molecule has 0 atom stereocenters. The lowest BCUT2D eigenvalue weighted by Gasteiger charge is -2.12. The van der Waals surface area contributed by atoms with Gasteiger partial charge in [0.05, 0.1) is 0 Å². The van der Waals surface area contributed by atoms with Gasteiger partial charge < -0.3 is 0 Å². The molecule has 0 aliphatic carbocycles. The van der Waals surface area contributed by atoms with Crippen LogP contribution in [-0.2, 0) is 6.42 Å². The molecule has 0 radical (unpaired) electrons. The van der Waals surface area contributed by atoms with Crippen molar-refractivity contribution in [2.24, 2.45) is 0 Å². The number of benzene rings is 1. The lowest BCUT2D eigenvalue weighted by molar-refractivity contribution is 0.594. The normalized spacial score (nSPS) is 11.7. The lowest BCUT2D eigenvalue weighted by Crippen LogP contribution is -1.96. The van der Waals surface area contributed by atoms with E-state index in [1.54, 1.807) is 11.1 Å². The fourth-order valence-corrected chi connectivity index (χ4v) is 3.89. The molecule has 0 aliphatic heterocycles. The van der Waals surface area contributed by atoms with E-state index in [0.29, 0.717) is 5.92 Å². The number of hydrogen-bond acceptors (Lipinski definition) is 0. The van der Waals surface area contributed by atoms with Crippen LogP contribution in [0.15, 0.2) is 36.4 Å². The van der Waals surface area contributed by atoms with E-state index in [9.17, 15) is 0 Å². The largest absolute Gasteiger partial charge is 0.0885 e. The Balaban J connectivity index is 1.90. The summed E-state index contributed by atoms with van der Waals surface area (Å²) < 4.78 is 0. The summed E-state index contributed by atoms with van der Waals surface area (Å²) in [5.41, 5.74) is 3.12. The Labute approximate surface area is 170 Å². The molecule has 1 aromatic carbocycles. The summed E-state index contributed by atoms with van der Waals surface area (Å²) in [5, 5.41) is 0. The molecular weight excluding hydrogens is 324 g/mol. The summed E-state index contributed by atoms with van der Waals surface area (Å²) in [5.74, 6) is 0.648. The van der Waals surface area contributed by atoms with E-state index < -0.39 is 0 Å². The summed E-state index contributed by atoms with van der Waals surface area (Å²) in [6.07, 6.45) is 25.5. The highest BCUT2D eigenvalue weighted by molar-refractivity contribution is 5.29. The second-order valence-electron chi connectivity index (χ2n) is 8.54. The molecule has 0 aromatic heterocycles. The number of aryl methyl sites for hydroxylation is 1. The average Bonchev–Trinajstić information content (AvgIpc) is 2.68. The SMILES string of the molecule is CCCCCCCCC=CCCCCCCCCc1ccccc1C(C)C. The van der Waals surface area contributed by atoms with Gasteiger partial charge >= 0.3 is 0 Å². The molecule has 1 aromatic rings. The molecule has 0 aliphatic rings. The van der Waals surface area contributed by atoms with Gasteiger partial charge in [-0.3, -0.25) is 0 Å². The van der Waals surface area contributed by atoms with Crippen LogP contribution in [-0.4, -0.2) is 0 Å². The third-order valence-electron chi connectivity index (χ3n) is 5.64. The summed E-state index contributed by atoms with van der Waals surface area (Å²) >= 11 is 0. The van der Waals surface area contributed by atoms with Gasteiger partial charge in [-0.1, -0.05) is 115 Å². The second-order valence-corrected chi connectivity index (χ2v) is 8.54. The predicted octanol–water partition coefficient (Wildman–Crippen LogP) is 9.39. The molecule has 0 saturated carbocycles. The highest BCUT2D eigenvalue weighted by Crippen LogP contribution is 2.21. The van der Waals surface area contributed by atoms with Crippen molar-refractivity contribution >= 4 is 0 Å². The van der Waals surface area contributed by atoms with Crippen LogP contribution in [0.4, 0.5) is 0 Å². The molecule has 0 unspecified atom stereocenters. The molecule has 0 fully saturated rings. The molecule has 0 N–H and O–H groups in total. The average molecular weight is 371 g/mol. The standard InChI is InChI=1S/C27H46/c1-4-5-6-7-8-9-10-11-12-13-14-15-16-17-18-19-22-26-23-20-21-24-27(26)25(2)3/h11-12,20-21,23-25H,4-10,13-19,22H2,1-3H3. The van der Waals surface area contributed by atoms with Crippen LogP contribution in [0, 0.1) is 0 Å². The monoisotopic (exact) mass is 370 g/mol. The van der Waals surface area contributed by atoms with E-state index in [1.165, 1.54) is 96.3 Å². The molecule has 0 nitrogen and oxygen atoms in total. The van der Waals surface area contributed by atoms with E-state index in [4.69, 9.17) is 0 Å². The van der Waals surface area contributed by atoms with E-state index in [2.05, 4.69) is 57.2 Å². The number of rotatable bonds is 17. The first kappa shape index (κ1) is 24.0. The summed E-state index contributed by atoms with van der Waals surface area (Å²) in [7, 11) is 0. The minimum absolute atomic E-state index is 0.648. The Bertz CT molecular complexity index is 469. The summed E-state index contributed by atoms with van der Waals surface area (Å²) in [6, 6.07) is 9.01. The fraction of sp³-hybridized carbons (Fsp3) is 0.704. The van der Waals surface area contributed by atoms with Crippen LogP contribution in [0.3, 0.4) is 0 Å². The summed E-state index contributed by atoms with van der Waals surface area (Å²) in [4.78, 5) is 0. The molecule has 0 saturated heterocycles. The van der Waals surface area contributed by atoms with E-state index in [0.717, 1.165) is 0 Å². The number of unbranched alkanes of at least 4 members (excludes halogenated alkanes) is 12. The van der Waals surface area contributed by atoms with Gasteiger partial charge in [0, 0.05) is 0 Å². The molecule has 0 bridgehead atoms. The van der Waals surface area contributed by atoms with Crippen molar-refractivity contribution in [3.63, 3.8) is 0 Å². The minimum Gasteiger partial charge on any atom is -0.0885 e. The van der Waals surface area contributed by atoms with Gasteiger partial charge in [-0.25, -0.2) is 0 Å². The van der Waals surface area contributed by atoms with Crippen LogP contribution in [0.25, 0.3) is 0 Å². The maximum absolute atomic E-state index is 2.43.